The van der Waals surface area contributed by atoms with Crippen molar-refractivity contribution in [2.24, 2.45) is 5.92 Å². The maximum Gasteiger partial charge on any atom is 0.329 e. The highest BCUT2D eigenvalue weighted by atomic mass is 16.6. The largest absolute Gasteiger partial charge is 0.493 e. The Bertz CT molecular complexity index is 1050. The molecule has 0 spiro atoms. The van der Waals surface area contributed by atoms with Crippen LogP contribution in [0.2, 0.25) is 0 Å². The number of nitrogens with one attached hydrogen (secondary N) is 1. The van der Waals surface area contributed by atoms with E-state index in [9.17, 15) is 9.59 Å². The van der Waals surface area contributed by atoms with E-state index in [0.29, 0.717) is 57.4 Å². The zero-order valence-corrected chi connectivity index (χ0v) is 27.1. The highest BCUT2D eigenvalue weighted by Gasteiger charge is 2.27. The van der Waals surface area contributed by atoms with Crippen molar-refractivity contribution in [1.82, 2.24) is 5.32 Å². The number of hydrogen-bond donors (Lipinski definition) is 1. The Morgan fingerprint density at radius 2 is 1.26 bits per heavy atom. The molecule has 2 aromatic rings. The first kappa shape index (κ1) is 37.5. The second-order valence-corrected chi connectivity index (χ2v) is 11.0. The third kappa shape index (κ3) is 17.3. The summed E-state index contributed by atoms with van der Waals surface area (Å²) in [6, 6.07) is 14.3. The third-order valence-corrected chi connectivity index (χ3v) is 5.59. The van der Waals surface area contributed by atoms with Crippen molar-refractivity contribution in [1.29, 1.82) is 0 Å². The number of rotatable bonds is 18. The molecule has 0 heterocycles. The molecule has 242 valence electrons. The average Bonchev–Trinajstić information content (AvgIpc) is 2.96. The summed E-state index contributed by atoms with van der Waals surface area (Å²) in [7, 11) is 4.85. The van der Waals surface area contributed by atoms with Crippen molar-refractivity contribution in [2.45, 2.75) is 65.5 Å². The molecule has 0 aliphatic rings. The Morgan fingerprint density at radius 3 is 1.74 bits per heavy atom. The molecule has 1 atom stereocenters. The number of carbonyl (C=O) groups is 2. The molecule has 10 heteroatoms. The molecule has 10 nitrogen and oxygen atoms in total. The van der Waals surface area contributed by atoms with E-state index in [1.165, 1.54) is 0 Å². The quantitative estimate of drug-likeness (QED) is 0.175. The van der Waals surface area contributed by atoms with Crippen LogP contribution in [0.3, 0.4) is 0 Å². The first-order valence-electron chi connectivity index (χ1n) is 14.6. The molecule has 43 heavy (non-hydrogen) atoms. The SMILES string of the molecule is COCCOCCOc1ccccc1OC.COc1ccccc1OCCCC(=O)NC(CC(C)C)C(=O)OC(C)(C)C. The summed E-state index contributed by atoms with van der Waals surface area (Å²) in [5.41, 5.74) is -0.584. The van der Waals surface area contributed by atoms with E-state index < -0.39 is 17.6 Å². The summed E-state index contributed by atoms with van der Waals surface area (Å²) in [5.74, 6) is 2.46. The van der Waals surface area contributed by atoms with Crippen molar-refractivity contribution in [3.8, 4) is 23.0 Å². The van der Waals surface area contributed by atoms with E-state index in [0.717, 1.165) is 11.5 Å². The molecular weight excluding hydrogens is 554 g/mol. The Labute approximate surface area is 257 Å². The normalized spacial score (nSPS) is 11.6. The molecule has 0 radical (unpaired) electrons. The molecule has 0 saturated carbocycles. The van der Waals surface area contributed by atoms with Crippen LogP contribution in [0.25, 0.3) is 0 Å². The number of methoxy groups -OCH3 is 3. The van der Waals surface area contributed by atoms with Crippen molar-refractivity contribution >= 4 is 11.9 Å². The number of hydrogen-bond acceptors (Lipinski definition) is 9. The zero-order valence-electron chi connectivity index (χ0n) is 27.1. The van der Waals surface area contributed by atoms with Gasteiger partial charge in [-0.25, -0.2) is 4.79 Å². The van der Waals surface area contributed by atoms with Gasteiger partial charge in [0.1, 0.15) is 18.2 Å². The molecule has 0 aliphatic carbocycles. The smallest absolute Gasteiger partial charge is 0.329 e. The molecule has 1 amide bonds. The summed E-state index contributed by atoms with van der Waals surface area (Å²) in [5, 5.41) is 2.80. The van der Waals surface area contributed by atoms with Crippen LogP contribution in [0.4, 0.5) is 0 Å². The van der Waals surface area contributed by atoms with Gasteiger partial charge in [0, 0.05) is 13.5 Å². The fraction of sp³-hybridized carbons (Fsp3) is 0.576. The van der Waals surface area contributed by atoms with Gasteiger partial charge in [-0.05, 0) is 63.8 Å². The van der Waals surface area contributed by atoms with Crippen molar-refractivity contribution in [3.05, 3.63) is 48.5 Å². The van der Waals surface area contributed by atoms with Crippen molar-refractivity contribution in [3.63, 3.8) is 0 Å². The average molecular weight is 606 g/mol. The molecule has 0 aromatic heterocycles. The van der Waals surface area contributed by atoms with Gasteiger partial charge in [0.2, 0.25) is 5.91 Å². The van der Waals surface area contributed by atoms with Crippen molar-refractivity contribution in [2.75, 3.05) is 54.4 Å². The Balaban J connectivity index is 0.000000490. The van der Waals surface area contributed by atoms with Gasteiger partial charge in [0.15, 0.2) is 23.0 Å². The molecule has 2 rings (SSSR count). The van der Waals surface area contributed by atoms with Crippen molar-refractivity contribution < 1.29 is 42.7 Å². The first-order valence-corrected chi connectivity index (χ1v) is 14.6. The van der Waals surface area contributed by atoms with E-state index in [2.05, 4.69) is 5.32 Å². The van der Waals surface area contributed by atoms with Crippen LogP contribution in [-0.4, -0.2) is 77.9 Å². The number of esters is 1. The summed E-state index contributed by atoms with van der Waals surface area (Å²) in [4.78, 5) is 24.6. The third-order valence-electron chi connectivity index (χ3n) is 5.59. The fourth-order valence-electron chi connectivity index (χ4n) is 3.67. The molecule has 0 saturated heterocycles. The van der Waals surface area contributed by atoms with Gasteiger partial charge < -0.3 is 38.5 Å². The van der Waals surface area contributed by atoms with Crippen LogP contribution in [-0.2, 0) is 23.8 Å². The van der Waals surface area contributed by atoms with E-state index in [4.69, 9.17) is 33.2 Å². The van der Waals surface area contributed by atoms with Gasteiger partial charge in [-0.3, -0.25) is 4.79 Å². The Morgan fingerprint density at radius 1 is 0.744 bits per heavy atom. The lowest BCUT2D eigenvalue weighted by atomic mass is 10.0. The summed E-state index contributed by atoms with van der Waals surface area (Å²) in [6.45, 7) is 12.1. The van der Waals surface area contributed by atoms with Crippen LogP contribution in [0.5, 0.6) is 23.0 Å². The molecular formula is C33H51NO9. The Kier molecular flexibility index (Phi) is 18.5. The van der Waals surface area contributed by atoms with Gasteiger partial charge in [-0.15, -0.1) is 0 Å². The minimum Gasteiger partial charge on any atom is -0.493 e. The van der Waals surface area contributed by atoms with Crippen LogP contribution >= 0.6 is 0 Å². The zero-order chi connectivity index (χ0) is 32.1. The highest BCUT2D eigenvalue weighted by molar-refractivity contribution is 5.84. The van der Waals surface area contributed by atoms with E-state index in [1.807, 2.05) is 83.1 Å². The van der Waals surface area contributed by atoms with Gasteiger partial charge in [0.25, 0.3) is 0 Å². The second-order valence-electron chi connectivity index (χ2n) is 11.0. The van der Waals surface area contributed by atoms with Gasteiger partial charge in [-0.2, -0.15) is 0 Å². The molecule has 0 fully saturated rings. The first-order chi connectivity index (χ1) is 20.5. The standard InChI is InChI=1S/C21H33NO5.C12H18O4/c1-15(2)14-16(20(24)27-21(3,4)5)22-19(23)12-9-13-26-18-11-8-7-10-17(18)25-6;1-13-7-8-15-9-10-16-12-6-4-3-5-11(12)14-2/h7-8,10-11,15-16H,9,12-14H2,1-6H3,(H,22,23);3-6H,7-10H2,1-2H3. The van der Waals surface area contributed by atoms with E-state index >= 15 is 0 Å². The maximum absolute atomic E-state index is 12.3. The molecule has 2 aromatic carbocycles. The van der Waals surface area contributed by atoms with E-state index in [-0.39, 0.29) is 18.2 Å². The van der Waals surface area contributed by atoms with Crippen LogP contribution in [0.1, 0.15) is 53.9 Å². The predicted octanol–water partition coefficient (Wildman–Crippen LogP) is 5.46. The lowest BCUT2D eigenvalue weighted by Gasteiger charge is -2.25. The number of benzene rings is 2. The van der Waals surface area contributed by atoms with Crippen LogP contribution in [0.15, 0.2) is 48.5 Å². The van der Waals surface area contributed by atoms with E-state index in [1.54, 1.807) is 21.3 Å². The topological polar surface area (TPSA) is 111 Å². The number of para-hydroxylation sites is 4. The molecule has 1 N–H and O–H groups in total. The fourth-order valence-corrected chi connectivity index (χ4v) is 3.67. The predicted molar refractivity (Wildman–Crippen MR) is 166 cm³/mol. The Hall–Kier alpha value is -3.50. The number of ether oxygens (including phenoxy) is 7. The minimum absolute atomic E-state index is 0.185. The van der Waals surface area contributed by atoms with Gasteiger partial charge in [-0.1, -0.05) is 38.1 Å². The molecule has 1 unspecified atom stereocenters. The van der Waals surface area contributed by atoms with Gasteiger partial charge in [0.05, 0.1) is 40.6 Å². The molecule has 0 bridgehead atoms. The summed E-state index contributed by atoms with van der Waals surface area (Å²) >= 11 is 0. The minimum atomic E-state index is -0.633. The lowest BCUT2D eigenvalue weighted by Crippen LogP contribution is -2.44. The van der Waals surface area contributed by atoms with Crippen LogP contribution in [0, 0.1) is 5.92 Å². The second kappa shape index (κ2) is 21.2. The number of amides is 1. The van der Waals surface area contributed by atoms with Gasteiger partial charge >= 0.3 is 5.97 Å². The lowest BCUT2D eigenvalue weighted by molar-refractivity contribution is -0.159. The monoisotopic (exact) mass is 605 g/mol. The summed E-state index contributed by atoms with van der Waals surface area (Å²) < 4.78 is 37.1. The van der Waals surface area contributed by atoms with Crippen LogP contribution < -0.4 is 24.3 Å². The maximum atomic E-state index is 12.3. The summed E-state index contributed by atoms with van der Waals surface area (Å²) in [6.07, 6.45) is 1.34. The number of carbonyl (C=O) groups excluding carboxylic acids is 2. The molecule has 0 aliphatic heterocycles. The highest BCUT2D eigenvalue weighted by Crippen LogP contribution is 2.26.